The van der Waals surface area contributed by atoms with E-state index < -0.39 is 6.10 Å². The smallest absolute Gasteiger partial charge is 0.234 e. The monoisotopic (exact) mass is 394 g/mol. The van der Waals surface area contributed by atoms with Crippen molar-refractivity contribution in [1.82, 2.24) is 29.5 Å². The normalized spacial score (nSPS) is 15.1. The Labute approximate surface area is 169 Å². The molecule has 8 heteroatoms. The largest absolute Gasteiger partial charge is 0.379 e. The summed E-state index contributed by atoms with van der Waals surface area (Å²) in [4.78, 5) is 18.6. The molecular weight excluding hydrogens is 368 g/mol. The molecule has 0 saturated heterocycles. The van der Waals surface area contributed by atoms with E-state index >= 15 is 0 Å². The number of carbonyl (C=O) groups is 1. The molecule has 3 heterocycles. The average Bonchev–Trinajstić information content (AvgIpc) is 3.34. The van der Waals surface area contributed by atoms with E-state index in [-0.39, 0.29) is 5.91 Å². The third kappa shape index (κ3) is 4.55. The zero-order valence-corrected chi connectivity index (χ0v) is 16.5. The van der Waals surface area contributed by atoms with Crippen molar-refractivity contribution < 1.29 is 9.90 Å². The van der Waals surface area contributed by atoms with E-state index in [1.54, 1.807) is 17.0 Å². The van der Waals surface area contributed by atoms with Crippen molar-refractivity contribution in [2.75, 3.05) is 19.6 Å². The lowest BCUT2D eigenvalue weighted by atomic mass is 10.1. The fourth-order valence-electron chi connectivity index (χ4n) is 3.63. The van der Waals surface area contributed by atoms with Crippen LogP contribution in [0.15, 0.2) is 48.8 Å². The molecule has 2 aromatic heterocycles. The Morgan fingerprint density at radius 3 is 2.86 bits per heavy atom. The summed E-state index contributed by atoms with van der Waals surface area (Å²) >= 11 is 0. The molecule has 0 bridgehead atoms. The predicted octanol–water partition coefficient (Wildman–Crippen LogP) is 0.873. The van der Waals surface area contributed by atoms with Gasteiger partial charge in [-0.25, -0.2) is 4.98 Å². The summed E-state index contributed by atoms with van der Waals surface area (Å²) in [7, 11) is 1.85. The molecule has 0 unspecified atom stereocenters. The highest BCUT2D eigenvalue weighted by Gasteiger charge is 2.24. The summed E-state index contributed by atoms with van der Waals surface area (Å²) in [6.07, 6.45) is 3.43. The van der Waals surface area contributed by atoms with Crippen molar-refractivity contribution in [3.63, 3.8) is 0 Å². The number of hydrogen-bond donors (Lipinski definition) is 2. The maximum Gasteiger partial charge on any atom is 0.234 e. The lowest BCUT2D eigenvalue weighted by Gasteiger charge is -2.26. The van der Waals surface area contributed by atoms with Gasteiger partial charge in [0.15, 0.2) is 6.10 Å². The van der Waals surface area contributed by atoms with E-state index in [1.165, 1.54) is 5.56 Å². The van der Waals surface area contributed by atoms with Crippen LogP contribution in [0.1, 0.15) is 28.9 Å². The van der Waals surface area contributed by atoms with Crippen molar-refractivity contribution in [2.45, 2.75) is 25.6 Å². The molecular formula is C21H26N6O2. The molecule has 1 amide bonds. The molecule has 29 heavy (non-hydrogen) atoms. The maximum atomic E-state index is 12.3. The van der Waals surface area contributed by atoms with Crippen LogP contribution in [0.2, 0.25) is 0 Å². The third-order valence-electron chi connectivity index (χ3n) is 5.22. The van der Waals surface area contributed by atoms with Crippen LogP contribution >= 0.6 is 0 Å². The molecule has 1 aromatic carbocycles. The number of nitrogens with one attached hydrogen (secondary N) is 1. The predicted molar refractivity (Wildman–Crippen MR) is 108 cm³/mol. The average molecular weight is 394 g/mol. The zero-order chi connectivity index (χ0) is 20.2. The fourth-order valence-corrected chi connectivity index (χ4v) is 3.63. The van der Waals surface area contributed by atoms with E-state index in [0.717, 1.165) is 18.7 Å². The van der Waals surface area contributed by atoms with Crippen molar-refractivity contribution in [1.29, 1.82) is 0 Å². The summed E-state index contributed by atoms with van der Waals surface area (Å²) in [6, 6.07) is 12.0. The highest BCUT2D eigenvalue weighted by molar-refractivity contribution is 5.78. The molecule has 3 aromatic rings. The maximum absolute atomic E-state index is 12.3. The van der Waals surface area contributed by atoms with Crippen LogP contribution in [0.4, 0.5) is 0 Å². The van der Waals surface area contributed by atoms with Crippen LogP contribution in [-0.4, -0.2) is 54.9 Å². The SMILES string of the molecule is Cn1ccnc1[C@@H](O)c1cc2n(n1)CCN(CC(=O)NCCc1ccccc1)C2. The topological polar surface area (TPSA) is 88.2 Å². The Hall–Kier alpha value is -2.97. The molecule has 0 aliphatic carbocycles. The van der Waals surface area contributed by atoms with E-state index in [9.17, 15) is 9.90 Å². The number of rotatable bonds is 7. The minimum absolute atomic E-state index is 0.0298. The Morgan fingerprint density at radius 2 is 2.10 bits per heavy atom. The quantitative estimate of drug-likeness (QED) is 0.621. The van der Waals surface area contributed by atoms with Crippen molar-refractivity contribution in [3.05, 3.63) is 71.6 Å². The first-order valence-corrected chi connectivity index (χ1v) is 9.85. The first-order chi connectivity index (χ1) is 14.1. The van der Waals surface area contributed by atoms with E-state index in [2.05, 4.69) is 32.4 Å². The molecule has 8 nitrogen and oxygen atoms in total. The Morgan fingerprint density at radius 1 is 1.28 bits per heavy atom. The third-order valence-corrected chi connectivity index (χ3v) is 5.22. The number of benzene rings is 1. The molecule has 1 aliphatic heterocycles. The van der Waals surface area contributed by atoms with Crippen LogP contribution in [-0.2, 0) is 31.4 Å². The number of aliphatic hydroxyl groups excluding tert-OH is 1. The van der Waals surface area contributed by atoms with Crippen LogP contribution < -0.4 is 5.32 Å². The second kappa shape index (κ2) is 8.59. The Balaban J connectivity index is 1.30. The number of amides is 1. The number of fused-ring (bicyclic) bond motifs is 1. The summed E-state index contributed by atoms with van der Waals surface area (Å²) < 4.78 is 3.69. The summed E-state index contributed by atoms with van der Waals surface area (Å²) in [5, 5.41) is 18.1. The number of aliphatic hydroxyl groups is 1. The molecule has 1 atom stereocenters. The van der Waals surface area contributed by atoms with Gasteiger partial charge in [-0.2, -0.15) is 5.10 Å². The second-order valence-corrected chi connectivity index (χ2v) is 7.38. The fraction of sp³-hybridized carbons (Fsp3) is 0.381. The summed E-state index contributed by atoms with van der Waals surface area (Å²) in [5.74, 6) is 0.595. The van der Waals surface area contributed by atoms with Gasteiger partial charge < -0.3 is 15.0 Å². The van der Waals surface area contributed by atoms with Crippen LogP contribution in [0.3, 0.4) is 0 Å². The van der Waals surface area contributed by atoms with E-state index in [1.807, 2.05) is 36.0 Å². The Kier molecular flexibility index (Phi) is 5.73. The second-order valence-electron chi connectivity index (χ2n) is 7.38. The first-order valence-electron chi connectivity index (χ1n) is 9.85. The molecule has 1 aliphatic rings. The number of aryl methyl sites for hydroxylation is 1. The minimum Gasteiger partial charge on any atom is -0.379 e. The van der Waals surface area contributed by atoms with Crippen LogP contribution in [0.5, 0.6) is 0 Å². The van der Waals surface area contributed by atoms with Crippen molar-refractivity contribution in [3.8, 4) is 0 Å². The van der Waals surface area contributed by atoms with Gasteiger partial charge in [0.1, 0.15) is 5.82 Å². The van der Waals surface area contributed by atoms with Crippen molar-refractivity contribution >= 4 is 5.91 Å². The molecule has 152 valence electrons. The van der Waals surface area contributed by atoms with Gasteiger partial charge >= 0.3 is 0 Å². The van der Waals surface area contributed by atoms with E-state index in [0.29, 0.717) is 37.7 Å². The molecule has 0 fully saturated rings. The molecule has 4 rings (SSSR count). The standard InChI is InChI=1S/C21H26N6O2/c1-25-10-9-23-21(25)20(29)18-13-17-14-26(11-12-27(17)24-18)15-19(28)22-8-7-16-5-3-2-4-6-16/h2-6,9-10,13,20,29H,7-8,11-12,14-15H2,1H3,(H,22,28)/t20-/m0/s1. The van der Waals surface area contributed by atoms with Crippen molar-refractivity contribution in [2.24, 2.45) is 7.05 Å². The highest BCUT2D eigenvalue weighted by atomic mass is 16.3. The summed E-state index contributed by atoms with van der Waals surface area (Å²) in [6.45, 7) is 3.07. The molecule has 0 saturated carbocycles. The van der Waals surface area contributed by atoms with Gasteiger partial charge in [-0.1, -0.05) is 30.3 Å². The van der Waals surface area contributed by atoms with Gasteiger partial charge in [0.25, 0.3) is 0 Å². The number of imidazole rings is 1. The first kappa shape index (κ1) is 19.4. The lowest BCUT2D eigenvalue weighted by molar-refractivity contribution is -0.122. The van der Waals surface area contributed by atoms with Gasteiger partial charge in [0, 0.05) is 39.1 Å². The van der Waals surface area contributed by atoms with Gasteiger partial charge in [0.05, 0.1) is 24.5 Å². The van der Waals surface area contributed by atoms with Gasteiger partial charge in [-0.15, -0.1) is 0 Å². The number of aromatic nitrogens is 4. The number of hydrogen-bond acceptors (Lipinski definition) is 5. The summed E-state index contributed by atoms with van der Waals surface area (Å²) in [5.41, 5.74) is 2.80. The van der Waals surface area contributed by atoms with Crippen LogP contribution in [0.25, 0.3) is 0 Å². The van der Waals surface area contributed by atoms with Gasteiger partial charge in [0.2, 0.25) is 5.91 Å². The number of carbonyl (C=O) groups excluding carboxylic acids is 1. The highest BCUT2D eigenvalue weighted by Crippen LogP contribution is 2.22. The Bertz CT molecular complexity index is 965. The zero-order valence-electron chi connectivity index (χ0n) is 16.5. The molecule has 0 radical (unpaired) electrons. The minimum atomic E-state index is -0.858. The van der Waals surface area contributed by atoms with Gasteiger partial charge in [-0.3, -0.25) is 14.4 Å². The van der Waals surface area contributed by atoms with Gasteiger partial charge in [-0.05, 0) is 18.1 Å². The van der Waals surface area contributed by atoms with Crippen LogP contribution in [0, 0.1) is 0 Å². The molecule has 0 spiro atoms. The molecule has 2 N–H and O–H groups in total. The lowest BCUT2D eigenvalue weighted by Crippen LogP contribution is -2.41. The number of nitrogens with zero attached hydrogens (tertiary/aromatic N) is 5. The van der Waals surface area contributed by atoms with E-state index in [4.69, 9.17) is 0 Å².